The molecule has 0 rings (SSSR count). The molecule has 0 radical (unpaired) electrons. The Hall–Kier alpha value is -2.73. The lowest BCUT2D eigenvalue weighted by atomic mass is 10.1. The van der Waals surface area contributed by atoms with Crippen LogP contribution in [0.25, 0.3) is 0 Å². The van der Waals surface area contributed by atoms with E-state index in [9.17, 15) is 29.1 Å². The van der Waals surface area contributed by atoms with E-state index in [0.29, 0.717) is 0 Å². The van der Waals surface area contributed by atoms with Crippen molar-refractivity contribution in [1.29, 1.82) is 0 Å². The number of aliphatic carboxylic acids is 2. The van der Waals surface area contributed by atoms with Gasteiger partial charge in [-0.05, 0) is 13.3 Å². The van der Waals surface area contributed by atoms with Crippen molar-refractivity contribution in [2.24, 2.45) is 11.5 Å². The van der Waals surface area contributed by atoms with Crippen molar-refractivity contribution in [2.75, 3.05) is 0 Å². The fourth-order valence-electron chi connectivity index (χ4n) is 1.76. The molecule has 0 bridgehead atoms. The maximum absolute atomic E-state index is 12.1. The van der Waals surface area contributed by atoms with Gasteiger partial charge in [0.2, 0.25) is 17.7 Å². The van der Waals surface area contributed by atoms with E-state index in [1.54, 1.807) is 0 Å². The Balaban J connectivity index is 5.10. The molecule has 0 saturated heterocycles. The standard InChI is InChI=1S/C13H22N4O8/c1-5(18)10(13(24)25)17-12(23)7(2-3-8(15)19)16-11(22)6(14)4-9(20)21/h5-7,10,18H,2-4,14H2,1H3,(H2,15,19)(H,16,22)(H,17,23)(H,20,21)(H,24,25)/t5-,6+,7+,10+/m1/s1. The van der Waals surface area contributed by atoms with Gasteiger partial charge in [-0.1, -0.05) is 0 Å². The third-order valence-corrected chi connectivity index (χ3v) is 3.09. The molecule has 0 unspecified atom stereocenters. The number of nitrogens with two attached hydrogens (primary N) is 2. The van der Waals surface area contributed by atoms with Crippen LogP contribution in [0.3, 0.4) is 0 Å². The molecular formula is C13H22N4O8. The third kappa shape index (κ3) is 8.62. The smallest absolute Gasteiger partial charge is 0.328 e. The van der Waals surface area contributed by atoms with Gasteiger partial charge in [0.25, 0.3) is 0 Å². The molecule has 0 heterocycles. The van der Waals surface area contributed by atoms with Crippen LogP contribution in [0.5, 0.6) is 0 Å². The maximum atomic E-state index is 12.1. The van der Waals surface area contributed by atoms with Crippen LogP contribution in [0, 0.1) is 0 Å². The first-order valence-electron chi connectivity index (χ1n) is 7.23. The highest BCUT2D eigenvalue weighted by atomic mass is 16.4. The van der Waals surface area contributed by atoms with Crippen molar-refractivity contribution in [2.45, 2.75) is 50.4 Å². The highest BCUT2D eigenvalue weighted by molar-refractivity contribution is 5.93. The van der Waals surface area contributed by atoms with Crippen molar-refractivity contribution >= 4 is 29.7 Å². The van der Waals surface area contributed by atoms with E-state index >= 15 is 0 Å². The van der Waals surface area contributed by atoms with E-state index in [1.165, 1.54) is 0 Å². The fraction of sp³-hybridized carbons (Fsp3) is 0.615. The summed E-state index contributed by atoms with van der Waals surface area (Å²) in [5.74, 6) is -5.58. The zero-order valence-corrected chi connectivity index (χ0v) is 13.5. The van der Waals surface area contributed by atoms with Gasteiger partial charge in [0.15, 0.2) is 6.04 Å². The van der Waals surface area contributed by atoms with Gasteiger partial charge in [0.05, 0.1) is 18.6 Å². The Morgan fingerprint density at radius 3 is 2.00 bits per heavy atom. The number of aliphatic hydroxyl groups excluding tert-OH is 1. The SMILES string of the molecule is C[C@@H](O)[C@H](NC(=O)[C@H](CCC(N)=O)NC(=O)[C@@H](N)CC(=O)O)C(=O)O. The number of carbonyl (C=O) groups is 5. The lowest BCUT2D eigenvalue weighted by molar-refractivity contribution is -0.145. The molecule has 3 amide bonds. The Morgan fingerprint density at radius 1 is 1.04 bits per heavy atom. The van der Waals surface area contributed by atoms with Crippen LogP contribution in [0.1, 0.15) is 26.2 Å². The molecule has 0 aromatic heterocycles. The van der Waals surface area contributed by atoms with Crippen LogP contribution in [0.2, 0.25) is 0 Å². The monoisotopic (exact) mass is 362 g/mol. The van der Waals surface area contributed by atoms with Crippen molar-refractivity contribution in [3.63, 3.8) is 0 Å². The number of hydrogen-bond acceptors (Lipinski definition) is 7. The van der Waals surface area contributed by atoms with E-state index < -0.39 is 60.3 Å². The first-order valence-corrected chi connectivity index (χ1v) is 7.23. The summed E-state index contributed by atoms with van der Waals surface area (Å²) in [7, 11) is 0. The normalized spacial score (nSPS) is 15.3. The molecule has 12 nitrogen and oxygen atoms in total. The van der Waals surface area contributed by atoms with E-state index in [1.807, 2.05) is 5.32 Å². The van der Waals surface area contributed by atoms with Gasteiger partial charge in [-0.3, -0.25) is 19.2 Å². The van der Waals surface area contributed by atoms with Gasteiger partial charge in [0.1, 0.15) is 6.04 Å². The van der Waals surface area contributed by atoms with Crippen LogP contribution in [-0.2, 0) is 24.0 Å². The minimum absolute atomic E-state index is 0.265. The topological polar surface area (TPSA) is 222 Å². The second-order valence-electron chi connectivity index (χ2n) is 5.34. The van der Waals surface area contributed by atoms with E-state index in [-0.39, 0.29) is 12.8 Å². The number of primary amides is 1. The number of carboxylic acid groups (broad SMARTS) is 2. The molecule has 12 heteroatoms. The Morgan fingerprint density at radius 2 is 1.60 bits per heavy atom. The van der Waals surface area contributed by atoms with Gasteiger partial charge in [-0.25, -0.2) is 4.79 Å². The third-order valence-electron chi connectivity index (χ3n) is 3.09. The van der Waals surface area contributed by atoms with Gasteiger partial charge in [-0.15, -0.1) is 0 Å². The number of carbonyl (C=O) groups excluding carboxylic acids is 3. The van der Waals surface area contributed by atoms with Crippen molar-refractivity contribution in [1.82, 2.24) is 10.6 Å². The maximum Gasteiger partial charge on any atom is 0.328 e. The summed E-state index contributed by atoms with van der Waals surface area (Å²) in [5.41, 5.74) is 10.3. The molecule has 4 atom stereocenters. The first-order chi connectivity index (χ1) is 11.5. The van der Waals surface area contributed by atoms with Crippen LogP contribution in [-0.4, -0.2) is 69.2 Å². The Labute approximate surface area is 142 Å². The van der Waals surface area contributed by atoms with Gasteiger partial charge < -0.3 is 37.4 Å². The molecule has 142 valence electrons. The molecule has 9 N–H and O–H groups in total. The van der Waals surface area contributed by atoms with E-state index in [0.717, 1.165) is 6.92 Å². The molecule has 0 aliphatic carbocycles. The van der Waals surface area contributed by atoms with Crippen molar-refractivity contribution in [3.05, 3.63) is 0 Å². The molecule has 0 saturated carbocycles. The molecule has 0 aliphatic heterocycles. The van der Waals surface area contributed by atoms with Gasteiger partial charge >= 0.3 is 11.9 Å². The predicted octanol–water partition coefficient (Wildman–Crippen LogP) is -3.51. The first kappa shape index (κ1) is 22.3. The molecule has 0 aromatic carbocycles. The van der Waals surface area contributed by atoms with Crippen LogP contribution in [0.4, 0.5) is 0 Å². The second-order valence-corrected chi connectivity index (χ2v) is 5.34. The quantitative estimate of drug-likeness (QED) is 0.193. The van der Waals surface area contributed by atoms with Gasteiger partial charge in [-0.2, -0.15) is 0 Å². The summed E-state index contributed by atoms with van der Waals surface area (Å²) in [4.78, 5) is 56.4. The fourth-order valence-corrected chi connectivity index (χ4v) is 1.76. The van der Waals surface area contributed by atoms with Crippen molar-refractivity contribution < 1.29 is 39.3 Å². The predicted molar refractivity (Wildman–Crippen MR) is 81.8 cm³/mol. The van der Waals surface area contributed by atoms with Crippen LogP contribution < -0.4 is 22.1 Å². The van der Waals surface area contributed by atoms with E-state index in [2.05, 4.69) is 5.32 Å². The van der Waals surface area contributed by atoms with Gasteiger partial charge in [0, 0.05) is 6.42 Å². The number of rotatable bonds is 11. The van der Waals surface area contributed by atoms with E-state index in [4.69, 9.17) is 21.7 Å². The molecule has 0 fully saturated rings. The Bertz CT molecular complexity index is 536. The lowest BCUT2D eigenvalue weighted by Gasteiger charge is -2.23. The number of hydrogen-bond donors (Lipinski definition) is 7. The number of aliphatic hydroxyl groups is 1. The summed E-state index contributed by atoms with van der Waals surface area (Å²) in [5, 5.41) is 31.0. The van der Waals surface area contributed by atoms with Crippen molar-refractivity contribution in [3.8, 4) is 0 Å². The summed E-state index contributed by atoms with van der Waals surface area (Å²) in [6.07, 6.45) is -2.69. The number of nitrogens with one attached hydrogen (secondary N) is 2. The highest BCUT2D eigenvalue weighted by Gasteiger charge is 2.30. The second kappa shape index (κ2) is 10.2. The average molecular weight is 362 g/mol. The zero-order chi connectivity index (χ0) is 19.7. The molecule has 0 spiro atoms. The molecular weight excluding hydrogens is 340 g/mol. The minimum Gasteiger partial charge on any atom is -0.481 e. The zero-order valence-electron chi connectivity index (χ0n) is 13.5. The minimum atomic E-state index is -1.65. The van der Waals surface area contributed by atoms with Crippen LogP contribution in [0.15, 0.2) is 0 Å². The lowest BCUT2D eigenvalue weighted by Crippen LogP contribution is -2.56. The summed E-state index contributed by atoms with van der Waals surface area (Å²) >= 11 is 0. The molecule has 25 heavy (non-hydrogen) atoms. The summed E-state index contributed by atoms with van der Waals surface area (Å²) < 4.78 is 0. The Kier molecular flexibility index (Phi) is 9.09. The summed E-state index contributed by atoms with van der Waals surface area (Å²) in [6.45, 7) is 1.14. The number of carboxylic acids is 2. The summed E-state index contributed by atoms with van der Waals surface area (Å²) in [6, 6.07) is -4.48. The molecule has 0 aromatic rings. The average Bonchev–Trinajstić information content (AvgIpc) is 2.46. The largest absolute Gasteiger partial charge is 0.481 e. The number of amides is 3. The molecule has 0 aliphatic rings. The highest BCUT2D eigenvalue weighted by Crippen LogP contribution is 2.02. The van der Waals surface area contributed by atoms with Crippen LogP contribution >= 0.6 is 0 Å².